The molecule has 0 saturated heterocycles. The van der Waals surface area contributed by atoms with Crippen molar-refractivity contribution in [3.63, 3.8) is 0 Å². The van der Waals surface area contributed by atoms with Gasteiger partial charge in [0, 0.05) is 17.3 Å². The molecule has 0 heterocycles. The summed E-state index contributed by atoms with van der Waals surface area (Å²) in [5.41, 5.74) is 7.43. The Morgan fingerprint density at radius 3 is 1.94 bits per heavy atom. The van der Waals surface area contributed by atoms with E-state index in [4.69, 9.17) is 14.5 Å². The number of hydrogen-bond acceptors (Lipinski definition) is 3. The second-order valence-corrected chi connectivity index (χ2v) is 5.04. The van der Waals surface area contributed by atoms with Crippen LogP contribution in [0.5, 0.6) is 0 Å². The molecular weight excluding hydrogens is 224 g/mol. The third kappa shape index (κ3) is 6.68. The van der Waals surface area contributed by atoms with Gasteiger partial charge in [0.2, 0.25) is 0 Å². The lowest BCUT2D eigenvalue weighted by Gasteiger charge is -2.27. The molecule has 0 radical (unpaired) electrons. The van der Waals surface area contributed by atoms with Crippen molar-refractivity contribution in [2.45, 2.75) is 26.8 Å². The first-order valence-corrected chi connectivity index (χ1v) is 6.03. The summed E-state index contributed by atoms with van der Waals surface area (Å²) in [6.45, 7) is 6.47. The summed E-state index contributed by atoms with van der Waals surface area (Å²) in [7, 11) is 0. The van der Waals surface area contributed by atoms with Gasteiger partial charge in [0.05, 0.1) is 0 Å². The largest absolute Gasteiger partial charge is 0.760 e. The van der Waals surface area contributed by atoms with Crippen molar-refractivity contribution in [2.75, 3.05) is 0 Å². The third-order valence-corrected chi connectivity index (χ3v) is 2.09. The molecule has 5 heteroatoms. The smallest absolute Gasteiger partial charge is 0.0344 e. The first-order valence-electron chi connectivity index (χ1n) is 4.89. The van der Waals surface area contributed by atoms with E-state index in [0.717, 1.165) is 0 Å². The second-order valence-electron chi connectivity index (χ2n) is 4.51. The summed E-state index contributed by atoms with van der Waals surface area (Å²) in [5, 5.41) is 4.03. The fourth-order valence-corrected chi connectivity index (χ4v) is 1.16. The molecule has 0 fully saturated rings. The molecule has 2 atom stereocenters. The molecule has 0 aliphatic carbocycles. The minimum Gasteiger partial charge on any atom is -0.760 e. The minimum absolute atomic E-state index is 0.124. The van der Waals surface area contributed by atoms with Gasteiger partial charge in [-0.15, -0.1) is 0 Å². The van der Waals surface area contributed by atoms with E-state index < -0.39 is 11.3 Å². The summed E-state index contributed by atoms with van der Waals surface area (Å²) in [6.07, 6.45) is 0. The summed E-state index contributed by atoms with van der Waals surface area (Å²) >= 11 is -2.36. The SMILES string of the molecule is CC(C)(C)C(N)c1ccccc1.NS(=O)[O-]. The van der Waals surface area contributed by atoms with Gasteiger partial charge in [-0.25, -0.2) is 0 Å². The van der Waals surface area contributed by atoms with Gasteiger partial charge in [-0.2, -0.15) is 0 Å². The highest BCUT2D eigenvalue weighted by molar-refractivity contribution is 7.76. The Morgan fingerprint density at radius 1 is 1.25 bits per heavy atom. The molecule has 0 aromatic heterocycles. The van der Waals surface area contributed by atoms with Crippen molar-refractivity contribution in [2.24, 2.45) is 16.3 Å². The van der Waals surface area contributed by atoms with Crippen molar-refractivity contribution in [1.82, 2.24) is 0 Å². The van der Waals surface area contributed by atoms with E-state index in [-0.39, 0.29) is 11.5 Å². The van der Waals surface area contributed by atoms with E-state index >= 15 is 0 Å². The Kier molecular flexibility index (Phi) is 6.43. The normalized spacial score (nSPS) is 14.6. The Labute approximate surface area is 99.5 Å². The fourth-order valence-electron chi connectivity index (χ4n) is 1.16. The maximum atomic E-state index is 8.78. The second kappa shape index (κ2) is 6.75. The number of hydrogen-bond donors (Lipinski definition) is 2. The standard InChI is InChI=1S/C11H17N.H3NO2S/c1-11(2,3)10(12)9-7-5-4-6-8-9;1-4(2)3/h4-8,10H,12H2,1-3H3;1H2,(H,2,3)/p-1. The van der Waals surface area contributed by atoms with E-state index in [9.17, 15) is 0 Å². The van der Waals surface area contributed by atoms with Gasteiger partial charge < -0.3 is 10.3 Å². The van der Waals surface area contributed by atoms with Crippen LogP contribution in [0.25, 0.3) is 0 Å². The van der Waals surface area contributed by atoms with Crippen LogP contribution in [0.2, 0.25) is 0 Å². The van der Waals surface area contributed by atoms with Gasteiger partial charge in [-0.05, 0) is 11.0 Å². The zero-order chi connectivity index (χ0) is 12.8. The van der Waals surface area contributed by atoms with Crippen LogP contribution in [0.3, 0.4) is 0 Å². The summed E-state index contributed by atoms with van der Waals surface area (Å²) in [6, 6.07) is 10.4. The van der Waals surface area contributed by atoms with Crippen LogP contribution in [0.15, 0.2) is 30.3 Å². The van der Waals surface area contributed by atoms with Gasteiger partial charge in [0.15, 0.2) is 0 Å². The quantitative estimate of drug-likeness (QED) is 0.731. The van der Waals surface area contributed by atoms with Crippen LogP contribution in [0, 0.1) is 5.41 Å². The van der Waals surface area contributed by atoms with Crippen LogP contribution in [0.1, 0.15) is 32.4 Å². The highest BCUT2D eigenvalue weighted by atomic mass is 32.2. The summed E-state index contributed by atoms with van der Waals surface area (Å²) in [5.74, 6) is 0. The van der Waals surface area contributed by atoms with E-state index in [1.165, 1.54) is 5.56 Å². The molecule has 0 bridgehead atoms. The van der Waals surface area contributed by atoms with E-state index in [1.807, 2.05) is 18.2 Å². The maximum absolute atomic E-state index is 8.78. The molecule has 2 unspecified atom stereocenters. The predicted octanol–water partition coefficient (Wildman–Crippen LogP) is 1.47. The minimum atomic E-state index is -2.36. The summed E-state index contributed by atoms with van der Waals surface area (Å²) < 4.78 is 17.6. The van der Waals surface area contributed by atoms with Crippen molar-refractivity contribution in [3.05, 3.63) is 35.9 Å². The lowest BCUT2D eigenvalue weighted by Crippen LogP contribution is -2.25. The lowest BCUT2D eigenvalue weighted by atomic mass is 9.83. The molecule has 0 amide bonds. The lowest BCUT2D eigenvalue weighted by molar-refractivity contribution is 0.327. The molecule has 0 saturated carbocycles. The van der Waals surface area contributed by atoms with E-state index in [1.54, 1.807) is 0 Å². The van der Waals surface area contributed by atoms with Crippen molar-refractivity contribution >= 4 is 11.3 Å². The fraction of sp³-hybridized carbons (Fsp3) is 0.455. The molecule has 4 N–H and O–H groups in total. The highest BCUT2D eigenvalue weighted by Gasteiger charge is 2.21. The Bertz CT molecular complexity index is 319. The predicted molar refractivity (Wildman–Crippen MR) is 65.9 cm³/mol. The van der Waals surface area contributed by atoms with Crippen molar-refractivity contribution in [3.8, 4) is 0 Å². The van der Waals surface area contributed by atoms with E-state index in [2.05, 4.69) is 38.0 Å². The number of benzene rings is 1. The van der Waals surface area contributed by atoms with Gasteiger partial charge >= 0.3 is 0 Å². The molecule has 1 aromatic carbocycles. The zero-order valence-electron chi connectivity index (χ0n) is 9.84. The molecule has 0 aliphatic heterocycles. The van der Waals surface area contributed by atoms with Gasteiger partial charge in [0.1, 0.15) is 0 Å². The number of rotatable bonds is 1. The van der Waals surface area contributed by atoms with Crippen molar-refractivity contribution in [1.29, 1.82) is 0 Å². The molecule has 4 nitrogen and oxygen atoms in total. The molecule has 16 heavy (non-hydrogen) atoms. The summed E-state index contributed by atoms with van der Waals surface area (Å²) in [4.78, 5) is 0. The average molecular weight is 243 g/mol. The van der Waals surface area contributed by atoms with Gasteiger partial charge in [0.25, 0.3) is 0 Å². The molecule has 0 spiro atoms. The topological polar surface area (TPSA) is 92.2 Å². The molecule has 1 aromatic rings. The Balaban J connectivity index is 0.000000487. The molecule has 92 valence electrons. The first kappa shape index (κ1) is 15.2. The van der Waals surface area contributed by atoms with Crippen molar-refractivity contribution < 1.29 is 8.76 Å². The average Bonchev–Trinajstić information content (AvgIpc) is 2.16. The van der Waals surface area contributed by atoms with Gasteiger partial charge in [-0.3, -0.25) is 9.35 Å². The monoisotopic (exact) mass is 243 g/mol. The number of nitrogens with two attached hydrogens (primary N) is 2. The zero-order valence-corrected chi connectivity index (χ0v) is 10.7. The Morgan fingerprint density at radius 2 is 1.62 bits per heavy atom. The van der Waals surface area contributed by atoms with Crippen LogP contribution in [0.4, 0.5) is 0 Å². The third-order valence-electron chi connectivity index (χ3n) is 2.09. The molecular formula is C11H19N2O2S-. The van der Waals surface area contributed by atoms with Crippen LogP contribution in [-0.2, 0) is 11.3 Å². The van der Waals surface area contributed by atoms with Crippen LogP contribution in [-0.4, -0.2) is 8.76 Å². The van der Waals surface area contributed by atoms with E-state index in [0.29, 0.717) is 0 Å². The highest BCUT2D eigenvalue weighted by Crippen LogP contribution is 2.29. The molecule has 1 rings (SSSR count). The first-order chi connectivity index (χ1) is 7.25. The molecule has 0 aliphatic rings. The maximum Gasteiger partial charge on any atom is 0.0344 e. The van der Waals surface area contributed by atoms with Crippen LogP contribution >= 0.6 is 0 Å². The van der Waals surface area contributed by atoms with Gasteiger partial charge in [-0.1, -0.05) is 51.1 Å². The van der Waals surface area contributed by atoms with Crippen LogP contribution < -0.4 is 10.9 Å². The Hall–Kier alpha value is -0.750.